The molecule has 110 valence electrons. The molecule has 1 aliphatic heterocycles. The SMILES string of the molecule is CCN(CC)c1ccc(C(=O)NC[C@H]2CCCO2)cc1. The number of nitrogens with zero attached hydrogens (tertiary/aromatic N) is 1. The first-order valence-corrected chi connectivity index (χ1v) is 7.49. The van der Waals surface area contributed by atoms with Crippen LogP contribution in [0.4, 0.5) is 5.69 Å². The number of hydrogen-bond acceptors (Lipinski definition) is 3. The summed E-state index contributed by atoms with van der Waals surface area (Å²) in [6.07, 6.45) is 2.33. The van der Waals surface area contributed by atoms with Gasteiger partial charge in [-0.3, -0.25) is 4.79 Å². The third-order valence-electron chi connectivity index (χ3n) is 3.77. The van der Waals surface area contributed by atoms with Crippen molar-refractivity contribution in [3.05, 3.63) is 29.8 Å². The van der Waals surface area contributed by atoms with E-state index in [1.54, 1.807) is 0 Å². The molecule has 1 saturated heterocycles. The van der Waals surface area contributed by atoms with Crippen molar-refractivity contribution in [1.82, 2.24) is 5.32 Å². The van der Waals surface area contributed by atoms with E-state index in [1.165, 1.54) is 0 Å². The minimum absolute atomic E-state index is 0.0217. The maximum absolute atomic E-state index is 12.0. The molecule has 1 fully saturated rings. The zero-order chi connectivity index (χ0) is 14.4. The summed E-state index contributed by atoms with van der Waals surface area (Å²) in [5.74, 6) is -0.0217. The fourth-order valence-corrected chi connectivity index (χ4v) is 2.53. The van der Waals surface area contributed by atoms with Crippen LogP contribution in [-0.2, 0) is 4.74 Å². The topological polar surface area (TPSA) is 41.6 Å². The van der Waals surface area contributed by atoms with E-state index in [0.717, 1.165) is 38.2 Å². The normalized spacial score (nSPS) is 18.0. The van der Waals surface area contributed by atoms with Crippen LogP contribution in [0.25, 0.3) is 0 Å². The van der Waals surface area contributed by atoms with Gasteiger partial charge in [0.2, 0.25) is 0 Å². The summed E-state index contributed by atoms with van der Waals surface area (Å²) in [7, 11) is 0. The van der Waals surface area contributed by atoms with Crippen LogP contribution < -0.4 is 10.2 Å². The van der Waals surface area contributed by atoms with Crippen LogP contribution in [0.3, 0.4) is 0 Å². The van der Waals surface area contributed by atoms with Gasteiger partial charge in [-0.15, -0.1) is 0 Å². The molecule has 1 aliphatic rings. The van der Waals surface area contributed by atoms with Crippen molar-refractivity contribution in [2.24, 2.45) is 0 Å². The molecule has 0 unspecified atom stereocenters. The predicted molar refractivity (Wildman–Crippen MR) is 81.3 cm³/mol. The molecule has 0 aromatic heterocycles. The smallest absolute Gasteiger partial charge is 0.251 e. The number of carbonyl (C=O) groups excluding carboxylic acids is 1. The fourth-order valence-electron chi connectivity index (χ4n) is 2.53. The zero-order valence-corrected chi connectivity index (χ0v) is 12.4. The maximum Gasteiger partial charge on any atom is 0.251 e. The van der Waals surface area contributed by atoms with E-state index in [-0.39, 0.29) is 12.0 Å². The van der Waals surface area contributed by atoms with Gasteiger partial charge in [0.05, 0.1) is 6.10 Å². The molecule has 2 rings (SSSR count). The first-order chi connectivity index (χ1) is 9.74. The summed E-state index contributed by atoms with van der Waals surface area (Å²) >= 11 is 0. The quantitative estimate of drug-likeness (QED) is 0.867. The van der Waals surface area contributed by atoms with E-state index in [4.69, 9.17) is 4.74 Å². The summed E-state index contributed by atoms with van der Waals surface area (Å²) in [4.78, 5) is 14.3. The van der Waals surface area contributed by atoms with E-state index in [0.29, 0.717) is 12.1 Å². The Morgan fingerprint density at radius 1 is 1.30 bits per heavy atom. The first kappa shape index (κ1) is 14.9. The molecule has 0 bridgehead atoms. The molecule has 1 heterocycles. The Balaban J connectivity index is 1.89. The highest BCUT2D eigenvalue weighted by molar-refractivity contribution is 5.94. The number of amides is 1. The Labute approximate surface area is 121 Å². The highest BCUT2D eigenvalue weighted by atomic mass is 16.5. The van der Waals surface area contributed by atoms with E-state index in [9.17, 15) is 4.79 Å². The molecule has 0 saturated carbocycles. The summed E-state index contributed by atoms with van der Waals surface area (Å²) < 4.78 is 5.50. The lowest BCUT2D eigenvalue weighted by Gasteiger charge is -2.21. The first-order valence-electron chi connectivity index (χ1n) is 7.49. The second-order valence-corrected chi connectivity index (χ2v) is 5.06. The molecule has 1 N–H and O–H groups in total. The van der Waals surface area contributed by atoms with E-state index >= 15 is 0 Å². The van der Waals surface area contributed by atoms with Crippen LogP contribution in [0.5, 0.6) is 0 Å². The lowest BCUT2D eigenvalue weighted by atomic mass is 10.1. The molecule has 1 aromatic carbocycles. The Bertz CT molecular complexity index is 421. The predicted octanol–water partition coefficient (Wildman–Crippen LogP) is 2.44. The number of rotatable bonds is 6. The molecule has 0 spiro atoms. The number of hydrogen-bond donors (Lipinski definition) is 1. The number of carbonyl (C=O) groups is 1. The number of ether oxygens (including phenoxy) is 1. The number of benzene rings is 1. The average Bonchev–Trinajstić information content (AvgIpc) is 3.00. The average molecular weight is 276 g/mol. The monoisotopic (exact) mass is 276 g/mol. The van der Waals surface area contributed by atoms with Gasteiger partial charge in [-0.25, -0.2) is 0 Å². The van der Waals surface area contributed by atoms with Crippen molar-refractivity contribution in [1.29, 1.82) is 0 Å². The van der Waals surface area contributed by atoms with Crippen molar-refractivity contribution >= 4 is 11.6 Å². The second kappa shape index (κ2) is 7.29. The highest BCUT2D eigenvalue weighted by Gasteiger charge is 2.16. The molecule has 1 aromatic rings. The van der Waals surface area contributed by atoms with Gasteiger partial charge in [0.25, 0.3) is 5.91 Å². The molecular formula is C16H24N2O2. The molecular weight excluding hydrogens is 252 g/mol. The molecule has 4 nitrogen and oxygen atoms in total. The van der Waals surface area contributed by atoms with Gasteiger partial charge in [0.1, 0.15) is 0 Å². The number of anilines is 1. The minimum atomic E-state index is -0.0217. The van der Waals surface area contributed by atoms with E-state index in [2.05, 4.69) is 24.1 Å². The Kier molecular flexibility index (Phi) is 5.41. The fraction of sp³-hybridized carbons (Fsp3) is 0.562. The molecule has 4 heteroatoms. The van der Waals surface area contributed by atoms with Gasteiger partial charge in [0, 0.05) is 37.5 Å². The van der Waals surface area contributed by atoms with Crippen LogP contribution in [0.1, 0.15) is 37.0 Å². The summed E-state index contributed by atoms with van der Waals surface area (Å²) in [5, 5.41) is 2.94. The van der Waals surface area contributed by atoms with Crippen LogP contribution >= 0.6 is 0 Å². The van der Waals surface area contributed by atoms with E-state index < -0.39 is 0 Å². The van der Waals surface area contributed by atoms with Crippen LogP contribution in [0.2, 0.25) is 0 Å². The standard InChI is InChI=1S/C16H24N2O2/c1-3-18(4-2)14-9-7-13(8-10-14)16(19)17-12-15-6-5-11-20-15/h7-10,15H,3-6,11-12H2,1-2H3,(H,17,19)/t15-/m1/s1. The van der Waals surface area contributed by atoms with Crippen molar-refractivity contribution in [3.8, 4) is 0 Å². The zero-order valence-electron chi connectivity index (χ0n) is 12.4. The number of nitrogens with one attached hydrogen (secondary N) is 1. The second-order valence-electron chi connectivity index (χ2n) is 5.06. The van der Waals surface area contributed by atoms with Crippen LogP contribution in [0.15, 0.2) is 24.3 Å². The van der Waals surface area contributed by atoms with Crippen molar-refractivity contribution in [3.63, 3.8) is 0 Å². The van der Waals surface area contributed by atoms with E-state index in [1.807, 2.05) is 24.3 Å². The van der Waals surface area contributed by atoms with Gasteiger partial charge in [0.15, 0.2) is 0 Å². The largest absolute Gasteiger partial charge is 0.376 e. The minimum Gasteiger partial charge on any atom is -0.376 e. The van der Waals surface area contributed by atoms with Gasteiger partial charge in [-0.2, -0.15) is 0 Å². The van der Waals surface area contributed by atoms with Gasteiger partial charge < -0.3 is 15.0 Å². The van der Waals surface area contributed by atoms with Crippen molar-refractivity contribution < 1.29 is 9.53 Å². The Hall–Kier alpha value is -1.55. The van der Waals surface area contributed by atoms with Crippen molar-refractivity contribution in [2.75, 3.05) is 31.1 Å². The lowest BCUT2D eigenvalue weighted by molar-refractivity contribution is 0.0858. The van der Waals surface area contributed by atoms with Crippen molar-refractivity contribution in [2.45, 2.75) is 32.8 Å². The summed E-state index contributed by atoms with van der Waals surface area (Å²) in [6.45, 7) is 7.63. The summed E-state index contributed by atoms with van der Waals surface area (Å²) in [5.41, 5.74) is 1.87. The highest BCUT2D eigenvalue weighted by Crippen LogP contribution is 2.15. The Morgan fingerprint density at radius 3 is 2.55 bits per heavy atom. The molecule has 20 heavy (non-hydrogen) atoms. The van der Waals surface area contributed by atoms with Gasteiger partial charge >= 0.3 is 0 Å². The molecule has 1 atom stereocenters. The van der Waals surface area contributed by atoms with Gasteiger partial charge in [-0.1, -0.05) is 0 Å². The van der Waals surface area contributed by atoms with Gasteiger partial charge in [-0.05, 0) is 51.0 Å². The molecule has 0 aliphatic carbocycles. The van der Waals surface area contributed by atoms with Crippen LogP contribution in [0, 0.1) is 0 Å². The maximum atomic E-state index is 12.0. The Morgan fingerprint density at radius 2 is 2.00 bits per heavy atom. The molecule has 1 amide bonds. The molecule has 0 radical (unpaired) electrons. The summed E-state index contributed by atoms with van der Waals surface area (Å²) in [6, 6.07) is 7.79. The lowest BCUT2D eigenvalue weighted by Crippen LogP contribution is -2.31. The van der Waals surface area contributed by atoms with Crippen LogP contribution in [-0.4, -0.2) is 38.3 Å². The third-order valence-corrected chi connectivity index (χ3v) is 3.77. The third kappa shape index (κ3) is 3.73.